The number of hydrogen-bond donors (Lipinski definition) is 1. The predicted octanol–water partition coefficient (Wildman–Crippen LogP) is 1.01. The maximum absolute atomic E-state index is 12.1. The lowest BCUT2D eigenvalue weighted by atomic mass is 10.2. The highest BCUT2D eigenvalue weighted by molar-refractivity contribution is 7.89. The highest BCUT2D eigenvalue weighted by Gasteiger charge is 2.26. The van der Waals surface area contributed by atoms with Gasteiger partial charge in [0, 0.05) is 43.4 Å². The third-order valence-electron chi connectivity index (χ3n) is 3.43. The van der Waals surface area contributed by atoms with Gasteiger partial charge in [-0.3, -0.25) is 0 Å². The predicted molar refractivity (Wildman–Crippen MR) is 83.0 cm³/mol. The number of nitrogens with one attached hydrogen (secondary N) is 1. The smallest absolute Gasteiger partial charge is 0.215 e. The van der Waals surface area contributed by atoms with Crippen LogP contribution in [-0.2, 0) is 10.0 Å². The SMILES string of the molecule is CNCCS(=O)(=O)N1CCN(c2ccc(Cl)cc2)CC1. The van der Waals surface area contributed by atoms with Crippen LogP contribution in [0.1, 0.15) is 0 Å². The van der Waals surface area contributed by atoms with E-state index in [0.29, 0.717) is 37.7 Å². The van der Waals surface area contributed by atoms with E-state index in [1.54, 1.807) is 11.4 Å². The second-order valence-corrected chi connectivity index (χ2v) is 7.31. The zero-order valence-corrected chi connectivity index (χ0v) is 13.1. The van der Waals surface area contributed by atoms with Crippen LogP contribution in [0, 0.1) is 0 Å². The molecule has 0 saturated carbocycles. The molecular weight excluding hydrogens is 298 g/mol. The lowest BCUT2D eigenvalue weighted by molar-refractivity contribution is 0.384. The van der Waals surface area contributed by atoms with Gasteiger partial charge in [-0.25, -0.2) is 8.42 Å². The van der Waals surface area contributed by atoms with Crippen LogP contribution < -0.4 is 10.2 Å². The van der Waals surface area contributed by atoms with E-state index in [0.717, 1.165) is 5.69 Å². The van der Waals surface area contributed by atoms with Gasteiger partial charge in [-0.05, 0) is 31.3 Å². The van der Waals surface area contributed by atoms with Gasteiger partial charge in [0.05, 0.1) is 5.75 Å². The molecule has 2 rings (SSSR count). The van der Waals surface area contributed by atoms with Crippen LogP contribution in [0.2, 0.25) is 5.02 Å². The zero-order valence-electron chi connectivity index (χ0n) is 11.5. The molecule has 1 aliphatic heterocycles. The fourth-order valence-electron chi connectivity index (χ4n) is 2.24. The molecule has 1 saturated heterocycles. The maximum Gasteiger partial charge on any atom is 0.215 e. The monoisotopic (exact) mass is 317 g/mol. The Morgan fingerprint density at radius 1 is 1.15 bits per heavy atom. The second kappa shape index (κ2) is 6.76. The Morgan fingerprint density at radius 3 is 2.30 bits per heavy atom. The topological polar surface area (TPSA) is 52.7 Å². The molecule has 0 radical (unpaired) electrons. The molecule has 0 bridgehead atoms. The molecule has 0 aromatic heterocycles. The van der Waals surface area contributed by atoms with Crippen LogP contribution in [0.4, 0.5) is 5.69 Å². The van der Waals surface area contributed by atoms with Gasteiger partial charge in [0.2, 0.25) is 10.0 Å². The molecule has 1 aromatic rings. The van der Waals surface area contributed by atoms with Gasteiger partial charge in [-0.15, -0.1) is 0 Å². The van der Waals surface area contributed by atoms with Crippen molar-refractivity contribution in [2.75, 3.05) is 50.4 Å². The van der Waals surface area contributed by atoms with Gasteiger partial charge >= 0.3 is 0 Å². The van der Waals surface area contributed by atoms with E-state index < -0.39 is 10.0 Å². The fourth-order valence-corrected chi connectivity index (χ4v) is 3.80. The second-order valence-electron chi connectivity index (χ2n) is 4.78. The number of hydrogen-bond acceptors (Lipinski definition) is 4. The Bertz CT molecular complexity index is 525. The Labute approximate surface area is 125 Å². The summed E-state index contributed by atoms with van der Waals surface area (Å²) >= 11 is 5.87. The molecule has 1 aliphatic rings. The quantitative estimate of drug-likeness (QED) is 0.880. The van der Waals surface area contributed by atoms with Gasteiger partial charge < -0.3 is 10.2 Å². The van der Waals surface area contributed by atoms with E-state index >= 15 is 0 Å². The summed E-state index contributed by atoms with van der Waals surface area (Å²) in [6, 6.07) is 7.64. The molecule has 0 unspecified atom stereocenters. The number of halogens is 1. The third kappa shape index (κ3) is 3.85. The van der Waals surface area contributed by atoms with E-state index in [2.05, 4.69) is 10.2 Å². The highest BCUT2D eigenvalue weighted by Crippen LogP contribution is 2.20. The van der Waals surface area contributed by atoms with Gasteiger partial charge in [0.1, 0.15) is 0 Å². The molecule has 7 heteroatoms. The molecule has 112 valence electrons. The van der Waals surface area contributed by atoms with E-state index in [1.807, 2.05) is 24.3 Å². The summed E-state index contributed by atoms with van der Waals surface area (Å²) in [5.41, 5.74) is 1.08. The van der Waals surface area contributed by atoms with Crippen molar-refractivity contribution in [1.82, 2.24) is 9.62 Å². The molecule has 0 spiro atoms. The van der Waals surface area contributed by atoms with Crippen LogP contribution >= 0.6 is 11.6 Å². The maximum atomic E-state index is 12.1. The van der Waals surface area contributed by atoms with Gasteiger partial charge in [-0.1, -0.05) is 11.6 Å². The van der Waals surface area contributed by atoms with Crippen molar-refractivity contribution in [3.05, 3.63) is 29.3 Å². The summed E-state index contributed by atoms with van der Waals surface area (Å²) in [5, 5.41) is 3.58. The minimum absolute atomic E-state index is 0.157. The summed E-state index contributed by atoms with van der Waals surface area (Å²) in [5.74, 6) is 0.157. The van der Waals surface area contributed by atoms with Crippen LogP contribution in [0.3, 0.4) is 0 Å². The van der Waals surface area contributed by atoms with Gasteiger partial charge in [-0.2, -0.15) is 4.31 Å². The molecule has 1 fully saturated rings. The third-order valence-corrected chi connectivity index (χ3v) is 5.56. The Hall–Kier alpha value is -0.820. The minimum atomic E-state index is -3.13. The lowest BCUT2D eigenvalue weighted by Gasteiger charge is -2.35. The Kier molecular flexibility index (Phi) is 5.26. The van der Waals surface area contributed by atoms with Crippen LogP contribution in [0.5, 0.6) is 0 Å². The first-order valence-corrected chi connectivity index (χ1v) is 8.64. The largest absolute Gasteiger partial charge is 0.369 e. The molecule has 20 heavy (non-hydrogen) atoms. The molecule has 1 heterocycles. The summed E-state index contributed by atoms with van der Waals surface area (Å²) in [6.07, 6.45) is 0. The Morgan fingerprint density at radius 2 is 1.75 bits per heavy atom. The molecule has 1 N–H and O–H groups in total. The molecule has 5 nitrogen and oxygen atoms in total. The molecule has 0 aliphatic carbocycles. The van der Waals surface area contributed by atoms with Crippen molar-refractivity contribution in [1.29, 1.82) is 0 Å². The van der Waals surface area contributed by atoms with Crippen LogP contribution in [0.25, 0.3) is 0 Å². The molecule has 0 atom stereocenters. The molecule has 1 aromatic carbocycles. The lowest BCUT2D eigenvalue weighted by Crippen LogP contribution is -2.49. The summed E-state index contributed by atoms with van der Waals surface area (Å²) in [4.78, 5) is 2.18. The van der Waals surface area contributed by atoms with E-state index in [4.69, 9.17) is 11.6 Å². The molecule has 0 amide bonds. The Balaban J connectivity index is 1.93. The van der Waals surface area contributed by atoms with E-state index in [1.165, 1.54) is 0 Å². The first-order chi connectivity index (χ1) is 9.53. The number of nitrogens with zero attached hydrogens (tertiary/aromatic N) is 2. The average Bonchev–Trinajstić information content (AvgIpc) is 2.46. The summed E-state index contributed by atoms with van der Waals surface area (Å²) in [6.45, 7) is 2.98. The normalized spacial score (nSPS) is 17.4. The number of anilines is 1. The van der Waals surface area contributed by atoms with Crippen LogP contribution in [0.15, 0.2) is 24.3 Å². The first-order valence-electron chi connectivity index (χ1n) is 6.66. The van der Waals surface area contributed by atoms with Crippen molar-refractivity contribution in [3.63, 3.8) is 0 Å². The standard InChI is InChI=1S/C13H20ClN3O2S/c1-15-6-11-20(18,19)17-9-7-16(8-10-17)13-4-2-12(14)3-5-13/h2-5,15H,6-11H2,1H3. The number of benzene rings is 1. The number of piperazine rings is 1. The summed E-state index contributed by atoms with van der Waals surface area (Å²) in [7, 11) is -1.38. The van der Waals surface area contributed by atoms with Gasteiger partial charge in [0.15, 0.2) is 0 Å². The number of rotatable bonds is 5. The summed E-state index contributed by atoms with van der Waals surface area (Å²) < 4.78 is 25.7. The first kappa shape index (κ1) is 15.6. The zero-order chi connectivity index (χ0) is 14.6. The van der Waals surface area contributed by atoms with Crippen molar-refractivity contribution in [2.24, 2.45) is 0 Å². The van der Waals surface area contributed by atoms with Gasteiger partial charge in [0.25, 0.3) is 0 Å². The fraction of sp³-hybridized carbons (Fsp3) is 0.538. The highest BCUT2D eigenvalue weighted by atomic mass is 35.5. The minimum Gasteiger partial charge on any atom is -0.369 e. The van der Waals surface area contributed by atoms with Crippen molar-refractivity contribution < 1.29 is 8.42 Å². The molecular formula is C13H20ClN3O2S. The average molecular weight is 318 g/mol. The van der Waals surface area contributed by atoms with Crippen molar-refractivity contribution >= 4 is 27.3 Å². The van der Waals surface area contributed by atoms with E-state index in [-0.39, 0.29) is 5.75 Å². The number of sulfonamides is 1. The van der Waals surface area contributed by atoms with Crippen molar-refractivity contribution in [2.45, 2.75) is 0 Å². The van der Waals surface area contributed by atoms with Crippen molar-refractivity contribution in [3.8, 4) is 0 Å². The van der Waals surface area contributed by atoms with E-state index in [9.17, 15) is 8.42 Å². The van der Waals surface area contributed by atoms with Crippen LogP contribution in [-0.4, -0.2) is 58.2 Å².